The van der Waals surface area contributed by atoms with E-state index in [9.17, 15) is 9.90 Å². The lowest BCUT2D eigenvalue weighted by molar-refractivity contribution is 0.0868. The first-order valence-corrected chi connectivity index (χ1v) is 11.6. The number of fused-ring (bicyclic) bond motifs is 1. The molecule has 3 aromatic rings. The molecule has 2 aliphatic rings. The van der Waals surface area contributed by atoms with E-state index in [0.717, 1.165) is 66.1 Å². The Labute approximate surface area is 187 Å². The van der Waals surface area contributed by atoms with Crippen molar-refractivity contribution in [2.24, 2.45) is 5.92 Å². The summed E-state index contributed by atoms with van der Waals surface area (Å²) in [5, 5.41) is 12.9. The fraction of sp³-hybridized carbons (Fsp3) is 0.480. The van der Waals surface area contributed by atoms with Gasteiger partial charge in [-0.3, -0.25) is 4.79 Å². The van der Waals surface area contributed by atoms with Crippen LogP contribution in [0.5, 0.6) is 5.75 Å². The molecule has 0 radical (unpaired) electrons. The van der Waals surface area contributed by atoms with Crippen LogP contribution in [0.3, 0.4) is 0 Å². The number of carbonyl (C=O) groups is 1. The fourth-order valence-electron chi connectivity index (χ4n) is 4.53. The van der Waals surface area contributed by atoms with Gasteiger partial charge in [0, 0.05) is 17.3 Å². The molecule has 5 rings (SSSR count). The van der Waals surface area contributed by atoms with Crippen LogP contribution >= 0.6 is 0 Å². The summed E-state index contributed by atoms with van der Waals surface area (Å²) < 4.78 is 6.14. The van der Waals surface area contributed by atoms with Crippen molar-refractivity contribution in [1.82, 2.24) is 20.3 Å². The van der Waals surface area contributed by atoms with Gasteiger partial charge in [-0.25, -0.2) is 9.97 Å². The monoisotopic (exact) mass is 434 g/mol. The number of aryl methyl sites for hydroxylation is 2. The number of aliphatic hydroxyl groups is 1. The van der Waals surface area contributed by atoms with Gasteiger partial charge in [-0.05, 0) is 70.4 Å². The van der Waals surface area contributed by atoms with Crippen LogP contribution < -0.4 is 10.1 Å². The van der Waals surface area contributed by atoms with Crippen molar-refractivity contribution in [3.05, 3.63) is 41.3 Å². The second-order valence-electron chi connectivity index (χ2n) is 9.30. The number of hydrogen-bond acceptors (Lipinski definition) is 5. The molecule has 0 saturated heterocycles. The fourth-order valence-corrected chi connectivity index (χ4v) is 4.53. The number of aromatic nitrogens is 3. The molecular formula is C25H30N4O3. The van der Waals surface area contributed by atoms with E-state index in [-0.39, 0.29) is 18.1 Å². The van der Waals surface area contributed by atoms with Crippen molar-refractivity contribution in [1.29, 1.82) is 0 Å². The number of aromatic amines is 1. The third-order valence-electron chi connectivity index (χ3n) is 6.59. The summed E-state index contributed by atoms with van der Waals surface area (Å²) >= 11 is 0. The zero-order valence-corrected chi connectivity index (χ0v) is 18.6. The number of H-pyrrole nitrogens is 1. The molecule has 0 atom stereocenters. The average Bonchev–Trinajstić information content (AvgIpc) is 3.54. The Morgan fingerprint density at radius 2 is 1.94 bits per heavy atom. The number of benzene rings is 1. The highest BCUT2D eigenvalue weighted by Gasteiger charge is 2.26. The number of aliphatic hydroxyl groups excluding tert-OH is 1. The first-order chi connectivity index (χ1) is 15.5. The minimum Gasteiger partial charge on any atom is -0.493 e. The maximum Gasteiger partial charge on any atom is 0.255 e. The van der Waals surface area contributed by atoms with Crippen LogP contribution in [-0.4, -0.2) is 44.7 Å². The molecule has 0 spiro atoms. The van der Waals surface area contributed by atoms with Gasteiger partial charge in [0.2, 0.25) is 0 Å². The molecule has 2 fully saturated rings. The van der Waals surface area contributed by atoms with Gasteiger partial charge in [0.15, 0.2) is 0 Å². The summed E-state index contributed by atoms with van der Waals surface area (Å²) in [6.45, 7) is 4.66. The Morgan fingerprint density at radius 1 is 1.16 bits per heavy atom. The van der Waals surface area contributed by atoms with Crippen molar-refractivity contribution in [3.63, 3.8) is 0 Å². The molecule has 0 bridgehead atoms. The molecule has 32 heavy (non-hydrogen) atoms. The highest BCUT2D eigenvalue weighted by atomic mass is 16.5. The molecular weight excluding hydrogens is 404 g/mol. The van der Waals surface area contributed by atoms with Crippen molar-refractivity contribution >= 4 is 16.9 Å². The molecule has 1 aromatic carbocycles. The maximum atomic E-state index is 13.2. The minimum atomic E-state index is -0.251. The van der Waals surface area contributed by atoms with E-state index >= 15 is 0 Å². The summed E-state index contributed by atoms with van der Waals surface area (Å²) in [6, 6.07) is 6.20. The van der Waals surface area contributed by atoms with E-state index in [4.69, 9.17) is 4.74 Å². The van der Waals surface area contributed by atoms with Crippen molar-refractivity contribution in [3.8, 4) is 17.0 Å². The van der Waals surface area contributed by atoms with E-state index in [0.29, 0.717) is 17.0 Å². The Balaban J connectivity index is 1.49. The zero-order chi connectivity index (χ0) is 22.2. The van der Waals surface area contributed by atoms with Gasteiger partial charge in [0.1, 0.15) is 23.3 Å². The summed E-state index contributed by atoms with van der Waals surface area (Å²) in [5.74, 6) is 1.33. The highest BCUT2D eigenvalue weighted by molar-refractivity contribution is 6.09. The Kier molecular flexibility index (Phi) is 5.59. The average molecular weight is 435 g/mol. The van der Waals surface area contributed by atoms with Crippen molar-refractivity contribution < 1.29 is 14.6 Å². The van der Waals surface area contributed by atoms with Crippen LogP contribution in [0, 0.1) is 19.8 Å². The van der Waals surface area contributed by atoms with Crippen LogP contribution in [0.25, 0.3) is 22.3 Å². The topological polar surface area (TPSA) is 100 Å². The van der Waals surface area contributed by atoms with Gasteiger partial charge in [-0.15, -0.1) is 0 Å². The molecule has 2 aromatic heterocycles. The molecule has 2 heterocycles. The quantitative estimate of drug-likeness (QED) is 0.543. The molecule has 7 nitrogen and oxygen atoms in total. The predicted molar refractivity (Wildman–Crippen MR) is 123 cm³/mol. The second-order valence-corrected chi connectivity index (χ2v) is 9.30. The van der Waals surface area contributed by atoms with Crippen LogP contribution in [0.4, 0.5) is 0 Å². The number of rotatable bonds is 6. The lowest BCUT2D eigenvalue weighted by Gasteiger charge is -2.26. The van der Waals surface area contributed by atoms with Crippen molar-refractivity contribution in [2.45, 2.75) is 64.5 Å². The molecule has 2 saturated carbocycles. The standard InChI is InChI=1S/C25H30N4O3/c1-14-3-10-20(32-12-16-4-5-16)19(11-14)22-24-23(27-13-26-22)21(15(2)28-24)25(31)29-17-6-8-18(30)9-7-17/h3,10-11,13,16-18,28,30H,4-9,12H2,1-2H3,(H,29,31)/t17-,18+. The number of ether oxygens (including phenoxy) is 1. The first kappa shape index (κ1) is 20.9. The number of hydrogen-bond donors (Lipinski definition) is 3. The number of amides is 1. The summed E-state index contributed by atoms with van der Waals surface area (Å²) in [5.41, 5.74) is 5.46. The smallest absolute Gasteiger partial charge is 0.255 e. The number of nitrogens with zero attached hydrogens (tertiary/aromatic N) is 2. The van der Waals surface area contributed by atoms with Gasteiger partial charge in [0.25, 0.3) is 5.91 Å². The summed E-state index contributed by atoms with van der Waals surface area (Å²) in [6.07, 6.45) is 6.76. The van der Waals surface area contributed by atoms with Crippen LogP contribution in [0.2, 0.25) is 0 Å². The van der Waals surface area contributed by atoms with Crippen LogP contribution in [-0.2, 0) is 0 Å². The van der Waals surface area contributed by atoms with Gasteiger partial charge < -0.3 is 20.1 Å². The molecule has 0 aliphatic heterocycles. The first-order valence-electron chi connectivity index (χ1n) is 11.6. The molecule has 3 N–H and O–H groups in total. The number of carbonyl (C=O) groups excluding carboxylic acids is 1. The summed E-state index contributed by atoms with van der Waals surface area (Å²) in [7, 11) is 0. The minimum absolute atomic E-state index is 0.0794. The van der Waals surface area contributed by atoms with Gasteiger partial charge in [0.05, 0.1) is 23.8 Å². The molecule has 0 unspecified atom stereocenters. The third-order valence-corrected chi connectivity index (χ3v) is 6.59. The second kappa shape index (κ2) is 8.54. The number of nitrogens with one attached hydrogen (secondary N) is 2. The summed E-state index contributed by atoms with van der Waals surface area (Å²) in [4.78, 5) is 25.6. The van der Waals surface area contributed by atoms with E-state index in [1.807, 2.05) is 26.0 Å². The predicted octanol–water partition coefficient (Wildman–Crippen LogP) is 4.06. The third kappa shape index (κ3) is 4.21. The largest absolute Gasteiger partial charge is 0.493 e. The van der Waals surface area contributed by atoms with E-state index < -0.39 is 0 Å². The van der Waals surface area contributed by atoms with E-state index in [1.165, 1.54) is 19.2 Å². The Hall–Kier alpha value is -2.93. The SMILES string of the molecule is Cc1ccc(OCC2CC2)c(-c2ncnc3c(C(=O)N[C@H]4CC[C@@H](O)CC4)c(C)[nH]c23)c1. The lowest BCUT2D eigenvalue weighted by atomic mass is 9.93. The van der Waals surface area contributed by atoms with Gasteiger partial charge in [-0.2, -0.15) is 0 Å². The molecule has 7 heteroatoms. The molecule has 1 amide bonds. The van der Waals surface area contributed by atoms with Gasteiger partial charge >= 0.3 is 0 Å². The van der Waals surface area contributed by atoms with E-state index in [2.05, 4.69) is 26.3 Å². The molecule has 168 valence electrons. The molecule has 2 aliphatic carbocycles. The maximum absolute atomic E-state index is 13.2. The normalized spacial score (nSPS) is 21.0. The van der Waals surface area contributed by atoms with Crippen LogP contribution in [0.1, 0.15) is 60.1 Å². The lowest BCUT2D eigenvalue weighted by Crippen LogP contribution is -2.38. The Bertz CT molecular complexity index is 1140. The zero-order valence-electron chi connectivity index (χ0n) is 18.6. The Morgan fingerprint density at radius 3 is 2.69 bits per heavy atom. The van der Waals surface area contributed by atoms with E-state index in [1.54, 1.807) is 0 Å². The highest BCUT2D eigenvalue weighted by Crippen LogP contribution is 2.37. The van der Waals surface area contributed by atoms with Crippen molar-refractivity contribution in [2.75, 3.05) is 6.61 Å². The van der Waals surface area contributed by atoms with Gasteiger partial charge in [-0.1, -0.05) is 11.6 Å². The van der Waals surface area contributed by atoms with Crippen LogP contribution in [0.15, 0.2) is 24.5 Å².